The Morgan fingerprint density at radius 2 is 2.03 bits per heavy atom. The van der Waals surface area contributed by atoms with Crippen molar-refractivity contribution < 1.29 is 4.74 Å². The lowest BCUT2D eigenvalue weighted by Gasteiger charge is -2.28. The van der Waals surface area contributed by atoms with Gasteiger partial charge in [0.2, 0.25) is 0 Å². The molecule has 1 aliphatic heterocycles. The largest absolute Gasteiger partial charge is 0.495 e. The average molecular weight is 491 g/mol. The number of aromatic nitrogens is 3. The number of anilines is 1. The molecule has 0 bridgehead atoms. The van der Waals surface area contributed by atoms with Gasteiger partial charge in [0.05, 0.1) is 17.5 Å². The van der Waals surface area contributed by atoms with Gasteiger partial charge in [0, 0.05) is 43.2 Å². The maximum absolute atomic E-state index is 6.56. The van der Waals surface area contributed by atoms with Gasteiger partial charge in [0.25, 0.3) is 0 Å². The van der Waals surface area contributed by atoms with E-state index in [0.717, 1.165) is 56.3 Å². The lowest BCUT2D eigenvalue weighted by atomic mass is 9.81. The van der Waals surface area contributed by atoms with Gasteiger partial charge >= 0.3 is 0 Å². The number of nitrogen functional groups attached to an aromatic ring is 1. The number of benzene rings is 1. The lowest BCUT2D eigenvalue weighted by Crippen LogP contribution is -2.43. The van der Waals surface area contributed by atoms with Crippen LogP contribution in [-0.2, 0) is 13.0 Å². The molecule has 3 N–H and O–H groups in total. The van der Waals surface area contributed by atoms with Crippen LogP contribution in [-0.4, -0.2) is 52.8 Å². The van der Waals surface area contributed by atoms with Crippen LogP contribution in [0.4, 0.5) is 5.82 Å². The summed E-state index contributed by atoms with van der Waals surface area (Å²) in [4.78, 5) is 8.17. The molecule has 0 spiro atoms. The summed E-state index contributed by atoms with van der Waals surface area (Å²) in [6, 6.07) is 6.66. The zero-order chi connectivity index (χ0) is 23.9. The number of aryl methyl sites for hydroxylation is 1. The van der Waals surface area contributed by atoms with E-state index in [1.165, 1.54) is 63.0 Å². The first-order chi connectivity index (χ1) is 17.1. The average Bonchev–Trinajstić information content (AvgIpc) is 3.38. The Morgan fingerprint density at radius 3 is 2.77 bits per heavy atom. The summed E-state index contributed by atoms with van der Waals surface area (Å²) in [6.45, 7) is 7.15. The number of hydrogen-bond donors (Lipinski definition) is 2. The van der Waals surface area contributed by atoms with Crippen molar-refractivity contribution in [2.24, 2.45) is 5.92 Å². The number of nitrogens with two attached hydrogens (primary N) is 1. The first kappa shape index (κ1) is 22.8. The molecular formula is C27H34N6OS. The number of rotatable bonds is 7. The van der Waals surface area contributed by atoms with Gasteiger partial charge in [-0.05, 0) is 54.3 Å². The molecule has 2 aliphatic rings. The molecule has 184 valence electrons. The Kier molecular flexibility index (Phi) is 6.12. The van der Waals surface area contributed by atoms with Crippen LogP contribution in [0.15, 0.2) is 24.5 Å². The minimum atomic E-state index is 0.548. The van der Waals surface area contributed by atoms with Crippen LogP contribution >= 0.6 is 11.3 Å². The molecule has 0 amide bonds. The van der Waals surface area contributed by atoms with Gasteiger partial charge < -0.3 is 15.8 Å². The fourth-order valence-electron chi connectivity index (χ4n) is 5.67. The molecule has 1 saturated heterocycles. The predicted octanol–water partition coefficient (Wildman–Crippen LogP) is 4.65. The van der Waals surface area contributed by atoms with Gasteiger partial charge in [-0.25, -0.2) is 9.50 Å². The monoisotopic (exact) mass is 490 g/mol. The summed E-state index contributed by atoms with van der Waals surface area (Å²) in [5.74, 6) is 2.32. The van der Waals surface area contributed by atoms with Crippen LogP contribution in [0.2, 0.25) is 0 Å². The molecule has 0 unspecified atom stereocenters. The molecule has 6 rings (SSSR count). The van der Waals surface area contributed by atoms with Crippen molar-refractivity contribution >= 4 is 32.8 Å². The summed E-state index contributed by atoms with van der Waals surface area (Å²) >= 11 is 1.79. The van der Waals surface area contributed by atoms with E-state index in [0.29, 0.717) is 5.82 Å². The highest BCUT2D eigenvalue weighted by molar-refractivity contribution is 7.22. The first-order valence-electron chi connectivity index (χ1n) is 12.8. The maximum atomic E-state index is 6.56. The molecule has 35 heavy (non-hydrogen) atoms. The second kappa shape index (κ2) is 9.41. The Bertz CT molecular complexity index is 1370. The third-order valence-corrected chi connectivity index (χ3v) is 8.95. The normalized spacial score (nSPS) is 17.3. The summed E-state index contributed by atoms with van der Waals surface area (Å²) in [7, 11) is 1.75. The van der Waals surface area contributed by atoms with Crippen molar-refractivity contribution in [2.45, 2.75) is 45.6 Å². The molecule has 4 heterocycles. The van der Waals surface area contributed by atoms with Gasteiger partial charge in [-0.1, -0.05) is 25.3 Å². The van der Waals surface area contributed by atoms with Crippen LogP contribution in [0.25, 0.3) is 26.0 Å². The van der Waals surface area contributed by atoms with Gasteiger partial charge in [0.1, 0.15) is 17.6 Å². The van der Waals surface area contributed by atoms with Crippen molar-refractivity contribution in [2.75, 3.05) is 39.0 Å². The smallest absolute Gasteiger partial charge is 0.152 e. The van der Waals surface area contributed by atoms with E-state index in [-0.39, 0.29) is 0 Å². The highest BCUT2D eigenvalue weighted by Crippen LogP contribution is 2.45. The van der Waals surface area contributed by atoms with Crippen LogP contribution in [0.1, 0.15) is 42.5 Å². The molecule has 7 nitrogen and oxygen atoms in total. The van der Waals surface area contributed by atoms with Gasteiger partial charge in [-0.3, -0.25) is 4.90 Å². The highest BCUT2D eigenvalue weighted by Gasteiger charge is 2.27. The van der Waals surface area contributed by atoms with Crippen molar-refractivity contribution in [3.05, 3.63) is 41.3 Å². The molecule has 0 atom stereocenters. The van der Waals surface area contributed by atoms with Crippen molar-refractivity contribution in [3.63, 3.8) is 0 Å². The van der Waals surface area contributed by atoms with E-state index in [2.05, 4.69) is 44.8 Å². The fraction of sp³-hybridized carbons (Fsp3) is 0.481. The quantitative estimate of drug-likeness (QED) is 0.393. The van der Waals surface area contributed by atoms with E-state index in [9.17, 15) is 0 Å². The predicted molar refractivity (Wildman–Crippen MR) is 143 cm³/mol. The van der Waals surface area contributed by atoms with E-state index < -0.39 is 0 Å². The Balaban J connectivity index is 1.55. The van der Waals surface area contributed by atoms with Gasteiger partial charge in [-0.15, -0.1) is 11.3 Å². The summed E-state index contributed by atoms with van der Waals surface area (Å²) in [5, 5.41) is 9.43. The fourth-order valence-corrected chi connectivity index (χ4v) is 6.87. The summed E-state index contributed by atoms with van der Waals surface area (Å²) in [5.41, 5.74) is 12.6. The van der Waals surface area contributed by atoms with Crippen molar-refractivity contribution in [1.29, 1.82) is 0 Å². The van der Waals surface area contributed by atoms with E-state index in [1.54, 1.807) is 24.8 Å². The number of ether oxygens (including phenoxy) is 1. The number of fused-ring (bicyclic) bond motifs is 2. The number of methoxy groups -OCH3 is 1. The van der Waals surface area contributed by atoms with E-state index in [1.807, 2.05) is 0 Å². The van der Waals surface area contributed by atoms with Crippen molar-refractivity contribution in [3.8, 4) is 16.2 Å². The van der Waals surface area contributed by atoms with E-state index >= 15 is 0 Å². The minimum absolute atomic E-state index is 0.548. The van der Waals surface area contributed by atoms with Crippen LogP contribution in [0.5, 0.6) is 5.75 Å². The molecule has 1 aromatic carbocycles. The number of hydrogen-bond acceptors (Lipinski definition) is 7. The first-order valence-corrected chi connectivity index (χ1v) is 13.6. The number of nitrogens with one attached hydrogen (secondary N) is 1. The third kappa shape index (κ3) is 4.17. The Labute approximate surface area is 210 Å². The standard InChI is InChI=1S/C27H34N6OS/c1-17-12-19-14-23(35-26(19)22(13-17)34-2)24-20(7-6-18-4-3-5-18)21(15-32-10-8-29-9-11-32)33-25(24)27(28)30-16-31-33/h12-14,16,18,29H,3-11,15H2,1-2H3,(H2,28,30,31). The van der Waals surface area contributed by atoms with Crippen LogP contribution < -0.4 is 15.8 Å². The lowest BCUT2D eigenvalue weighted by molar-refractivity contribution is 0.228. The second-order valence-electron chi connectivity index (χ2n) is 10.1. The molecule has 8 heteroatoms. The third-order valence-electron chi connectivity index (χ3n) is 7.76. The maximum Gasteiger partial charge on any atom is 0.152 e. The SMILES string of the molecule is COc1cc(C)cc2cc(-c3c(CCC4CCC4)c(CN4CCNCC4)n4ncnc(N)c34)sc12. The zero-order valence-electron chi connectivity index (χ0n) is 20.6. The molecular weight excluding hydrogens is 456 g/mol. The summed E-state index contributed by atoms with van der Waals surface area (Å²) < 4.78 is 9.01. The Hall–Kier alpha value is -2.68. The number of piperazine rings is 1. The molecule has 1 saturated carbocycles. The topological polar surface area (TPSA) is 80.7 Å². The molecule has 0 radical (unpaired) electrons. The van der Waals surface area contributed by atoms with Gasteiger partial charge in [0.15, 0.2) is 5.82 Å². The molecule has 3 aromatic heterocycles. The molecule has 4 aromatic rings. The van der Waals surface area contributed by atoms with Gasteiger partial charge in [-0.2, -0.15) is 5.10 Å². The summed E-state index contributed by atoms with van der Waals surface area (Å²) in [6.07, 6.45) is 7.96. The van der Waals surface area contributed by atoms with Crippen molar-refractivity contribution in [1.82, 2.24) is 24.8 Å². The Morgan fingerprint density at radius 1 is 1.20 bits per heavy atom. The molecule has 1 aliphatic carbocycles. The van der Waals surface area contributed by atoms with Crippen LogP contribution in [0, 0.1) is 12.8 Å². The second-order valence-corrected chi connectivity index (χ2v) is 11.1. The van der Waals surface area contributed by atoms with Crippen LogP contribution in [0.3, 0.4) is 0 Å². The minimum Gasteiger partial charge on any atom is -0.495 e. The molecule has 2 fully saturated rings. The number of thiophene rings is 1. The highest BCUT2D eigenvalue weighted by atomic mass is 32.1. The zero-order valence-corrected chi connectivity index (χ0v) is 21.5. The number of nitrogens with zero attached hydrogens (tertiary/aromatic N) is 4. The van der Waals surface area contributed by atoms with E-state index in [4.69, 9.17) is 15.6 Å².